The smallest absolute Gasteiger partial charge is 0.330 e. The molecule has 0 spiro atoms. The van der Waals surface area contributed by atoms with Crippen LogP contribution in [0.1, 0.15) is 6.92 Å². The first-order chi connectivity index (χ1) is 9.45. The van der Waals surface area contributed by atoms with Crippen LogP contribution < -0.4 is 5.01 Å². The average Bonchev–Trinajstić information content (AvgIpc) is 2.39. The lowest BCUT2D eigenvalue weighted by Crippen LogP contribution is -2.41. The summed E-state index contributed by atoms with van der Waals surface area (Å²) in [7, 11) is 3.33. The molecular weight excluding hydrogens is 263 g/mol. The minimum atomic E-state index is -0.585. The average molecular weight is 280 g/mol. The van der Waals surface area contributed by atoms with Crippen molar-refractivity contribution in [1.82, 2.24) is 5.01 Å². The fourth-order valence-electron chi connectivity index (χ4n) is 1.54. The highest BCUT2D eigenvalue weighted by molar-refractivity contribution is 6.03. The highest BCUT2D eigenvalue weighted by Gasteiger charge is 2.16. The summed E-state index contributed by atoms with van der Waals surface area (Å²) >= 11 is 0. The predicted octanol–water partition coefficient (Wildman–Crippen LogP) is 1.75. The molecule has 0 aliphatic rings. The van der Waals surface area contributed by atoms with Gasteiger partial charge >= 0.3 is 5.97 Å². The molecule has 0 saturated carbocycles. The number of hydrazine groups is 1. The van der Waals surface area contributed by atoms with E-state index in [4.69, 9.17) is 4.74 Å². The van der Waals surface area contributed by atoms with Gasteiger partial charge in [-0.25, -0.2) is 19.2 Å². The Hall–Kier alpha value is -2.21. The lowest BCUT2D eigenvalue weighted by Gasteiger charge is -2.27. The molecule has 1 amide bonds. The molecule has 1 rings (SSSR count). The van der Waals surface area contributed by atoms with Crippen molar-refractivity contribution in [2.75, 3.05) is 25.7 Å². The lowest BCUT2D eigenvalue weighted by molar-refractivity contribution is -0.137. The maximum Gasteiger partial charge on any atom is 0.330 e. The van der Waals surface area contributed by atoms with Gasteiger partial charge in [0.25, 0.3) is 5.91 Å². The van der Waals surface area contributed by atoms with E-state index in [1.54, 1.807) is 21.0 Å². The number of carbonyl (C=O) groups excluding carboxylic acids is 2. The molecule has 0 heterocycles. The monoisotopic (exact) mass is 280 g/mol. The molecule has 0 fully saturated rings. The van der Waals surface area contributed by atoms with Crippen molar-refractivity contribution in [3.05, 3.63) is 42.2 Å². The fraction of sp³-hybridized carbons (Fsp3) is 0.286. The Kier molecular flexibility index (Phi) is 5.86. The van der Waals surface area contributed by atoms with Gasteiger partial charge in [-0.05, 0) is 31.2 Å². The van der Waals surface area contributed by atoms with Gasteiger partial charge in [-0.3, -0.25) is 4.79 Å². The number of carbonyl (C=O) groups is 2. The summed E-state index contributed by atoms with van der Waals surface area (Å²) < 4.78 is 17.6. The van der Waals surface area contributed by atoms with Crippen LogP contribution in [0.2, 0.25) is 0 Å². The van der Waals surface area contributed by atoms with Gasteiger partial charge in [-0.1, -0.05) is 0 Å². The molecule has 6 heteroatoms. The Balaban J connectivity index is 2.89. The zero-order chi connectivity index (χ0) is 15.1. The van der Waals surface area contributed by atoms with Crippen LogP contribution in [0.3, 0.4) is 0 Å². The molecule has 0 bridgehead atoms. The van der Waals surface area contributed by atoms with E-state index in [-0.39, 0.29) is 12.4 Å². The number of benzene rings is 1. The van der Waals surface area contributed by atoms with Crippen LogP contribution in [0.4, 0.5) is 10.1 Å². The van der Waals surface area contributed by atoms with E-state index in [0.29, 0.717) is 5.69 Å². The first kappa shape index (κ1) is 15.8. The number of amides is 1. The van der Waals surface area contributed by atoms with Crippen molar-refractivity contribution in [1.29, 1.82) is 0 Å². The van der Waals surface area contributed by atoms with Gasteiger partial charge in [0.15, 0.2) is 0 Å². The van der Waals surface area contributed by atoms with E-state index >= 15 is 0 Å². The van der Waals surface area contributed by atoms with Gasteiger partial charge in [0.05, 0.1) is 12.3 Å². The summed E-state index contributed by atoms with van der Waals surface area (Å²) in [6, 6.07) is 5.47. The van der Waals surface area contributed by atoms with Gasteiger partial charge in [0, 0.05) is 26.2 Å². The van der Waals surface area contributed by atoms with Crippen molar-refractivity contribution in [3.63, 3.8) is 0 Å². The van der Waals surface area contributed by atoms with Gasteiger partial charge < -0.3 is 4.74 Å². The minimum absolute atomic E-state index is 0.243. The summed E-state index contributed by atoms with van der Waals surface area (Å²) in [4.78, 5) is 23.3. The van der Waals surface area contributed by atoms with Crippen LogP contribution in [-0.2, 0) is 14.3 Å². The maximum atomic E-state index is 12.9. The Bertz CT molecular complexity index is 498. The molecule has 0 N–H and O–H groups in total. The molecular formula is C14H17FN2O3. The molecule has 0 aromatic heterocycles. The van der Waals surface area contributed by atoms with Crippen LogP contribution in [-0.4, -0.2) is 37.6 Å². The first-order valence-electron chi connectivity index (χ1n) is 6.07. The second kappa shape index (κ2) is 7.40. The van der Waals surface area contributed by atoms with E-state index in [0.717, 1.165) is 12.2 Å². The number of hydrogen-bond acceptors (Lipinski definition) is 4. The quantitative estimate of drug-likeness (QED) is 0.468. The van der Waals surface area contributed by atoms with E-state index < -0.39 is 11.9 Å². The molecule has 1 aromatic rings. The Morgan fingerprint density at radius 2 is 1.80 bits per heavy atom. The summed E-state index contributed by atoms with van der Waals surface area (Å²) in [5.41, 5.74) is 0.495. The zero-order valence-corrected chi connectivity index (χ0v) is 11.7. The second-order valence-corrected chi connectivity index (χ2v) is 4.06. The zero-order valence-electron chi connectivity index (χ0n) is 11.7. The predicted molar refractivity (Wildman–Crippen MR) is 73.3 cm³/mol. The molecule has 0 saturated heterocycles. The minimum Gasteiger partial charge on any atom is -0.463 e. The number of anilines is 1. The van der Waals surface area contributed by atoms with Crippen LogP contribution in [0.15, 0.2) is 36.4 Å². The van der Waals surface area contributed by atoms with Gasteiger partial charge in [0.1, 0.15) is 5.82 Å². The molecule has 0 atom stereocenters. The van der Waals surface area contributed by atoms with Crippen LogP contribution in [0, 0.1) is 5.82 Å². The number of nitrogens with zero attached hydrogens (tertiary/aromatic N) is 2. The van der Waals surface area contributed by atoms with E-state index in [9.17, 15) is 14.0 Å². The molecule has 0 aliphatic heterocycles. The van der Waals surface area contributed by atoms with E-state index in [1.807, 2.05) is 0 Å². The van der Waals surface area contributed by atoms with Crippen molar-refractivity contribution >= 4 is 17.6 Å². The van der Waals surface area contributed by atoms with Gasteiger partial charge in [-0.15, -0.1) is 0 Å². The molecule has 20 heavy (non-hydrogen) atoms. The lowest BCUT2D eigenvalue weighted by atomic mass is 10.3. The molecule has 5 nitrogen and oxygen atoms in total. The van der Waals surface area contributed by atoms with Gasteiger partial charge in [-0.2, -0.15) is 0 Å². The van der Waals surface area contributed by atoms with Crippen molar-refractivity contribution < 1.29 is 18.7 Å². The highest BCUT2D eigenvalue weighted by Crippen LogP contribution is 2.16. The van der Waals surface area contributed by atoms with Crippen LogP contribution in [0.25, 0.3) is 0 Å². The summed E-state index contributed by atoms with van der Waals surface area (Å²) in [5, 5.41) is 2.83. The summed E-state index contributed by atoms with van der Waals surface area (Å²) in [6.07, 6.45) is 2.17. The molecule has 0 aliphatic carbocycles. The molecule has 0 unspecified atom stereocenters. The normalized spacial score (nSPS) is 10.8. The Morgan fingerprint density at radius 1 is 1.20 bits per heavy atom. The Labute approximate surface area is 117 Å². The molecule has 1 aromatic carbocycles. The van der Waals surface area contributed by atoms with Crippen LogP contribution >= 0.6 is 0 Å². The fourth-order valence-corrected chi connectivity index (χ4v) is 1.54. The largest absolute Gasteiger partial charge is 0.463 e. The number of ether oxygens (including phenoxy) is 1. The Morgan fingerprint density at radius 3 is 2.30 bits per heavy atom. The third-order valence-corrected chi connectivity index (χ3v) is 2.33. The summed E-state index contributed by atoms with van der Waals surface area (Å²) in [6.45, 7) is 1.92. The van der Waals surface area contributed by atoms with Crippen LogP contribution in [0.5, 0.6) is 0 Å². The van der Waals surface area contributed by atoms with Gasteiger partial charge in [0.2, 0.25) is 0 Å². The maximum absolute atomic E-state index is 12.9. The number of halogens is 1. The standard InChI is InChI=1S/C14H17FN2O3/c1-4-20-14(19)10-9-13(18)17(16(2)3)12-7-5-11(15)6-8-12/h5-10H,4H2,1-3H3/b10-9+. The van der Waals surface area contributed by atoms with Crippen molar-refractivity contribution in [3.8, 4) is 0 Å². The second-order valence-electron chi connectivity index (χ2n) is 4.06. The summed E-state index contributed by atoms with van der Waals surface area (Å²) in [5.74, 6) is -1.41. The number of esters is 1. The third kappa shape index (κ3) is 4.47. The van der Waals surface area contributed by atoms with E-state index in [2.05, 4.69) is 0 Å². The highest BCUT2D eigenvalue weighted by atomic mass is 19.1. The third-order valence-electron chi connectivity index (χ3n) is 2.33. The number of rotatable bonds is 5. The SMILES string of the molecule is CCOC(=O)/C=C/C(=O)N(c1ccc(F)cc1)N(C)C. The molecule has 0 radical (unpaired) electrons. The molecule has 108 valence electrons. The van der Waals surface area contributed by atoms with Crippen molar-refractivity contribution in [2.24, 2.45) is 0 Å². The first-order valence-corrected chi connectivity index (χ1v) is 6.07. The number of hydrogen-bond donors (Lipinski definition) is 0. The topological polar surface area (TPSA) is 49.9 Å². The van der Waals surface area contributed by atoms with Crippen molar-refractivity contribution in [2.45, 2.75) is 6.92 Å². The van der Waals surface area contributed by atoms with E-state index in [1.165, 1.54) is 34.3 Å².